The van der Waals surface area contributed by atoms with E-state index in [0.717, 1.165) is 43.8 Å². The maximum Gasteiger partial charge on any atom is 0.191 e. The first-order valence-electron chi connectivity index (χ1n) is 8.68. The maximum absolute atomic E-state index is 4.49. The van der Waals surface area contributed by atoms with Crippen molar-refractivity contribution in [1.82, 2.24) is 25.3 Å². The van der Waals surface area contributed by atoms with Crippen molar-refractivity contribution in [2.45, 2.75) is 58.7 Å². The number of halogens is 1. The first-order chi connectivity index (χ1) is 11.0. The van der Waals surface area contributed by atoms with Crippen molar-refractivity contribution >= 4 is 29.9 Å². The summed E-state index contributed by atoms with van der Waals surface area (Å²) in [6.07, 6.45) is 3.72. The Morgan fingerprint density at radius 1 is 1.42 bits per heavy atom. The van der Waals surface area contributed by atoms with Crippen LogP contribution in [0.2, 0.25) is 0 Å². The van der Waals surface area contributed by atoms with Crippen LogP contribution in [0.1, 0.15) is 37.6 Å². The van der Waals surface area contributed by atoms with E-state index in [4.69, 9.17) is 0 Å². The Morgan fingerprint density at radius 3 is 2.67 bits per heavy atom. The van der Waals surface area contributed by atoms with Gasteiger partial charge in [0, 0.05) is 44.5 Å². The molecule has 1 unspecified atom stereocenters. The van der Waals surface area contributed by atoms with E-state index < -0.39 is 0 Å². The lowest BCUT2D eigenvalue weighted by Crippen LogP contribution is -2.45. The van der Waals surface area contributed by atoms with E-state index in [9.17, 15) is 0 Å². The quantitative estimate of drug-likeness (QED) is 0.277. The van der Waals surface area contributed by atoms with Crippen LogP contribution in [0.3, 0.4) is 0 Å². The summed E-state index contributed by atoms with van der Waals surface area (Å²) in [5.41, 5.74) is 2.31. The van der Waals surface area contributed by atoms with E-state index in [1.165, 1.54) is 18.5 Å². The fourth-order valence-electron chi connectivity index (χ4n) is 2.79. The molecule has 0 spiro atoms. The molecule has 7 heteroatoms. The van der Waals surface area contributed by atoms with Gasteiger partial charge in [-0.25, -0.2) is 0 Å². The molecule has 0 radical (unpaired) electrons. The Hall–Kier alpha value is -0.830. The minimum Gasteiger partial charge on any atom is -0.356 e. The molecule has 1 aliphatic rings. The van der Waals surface area contributed by atoms with E-state index in [0.29, 0.717) is 6.04 Å². The van der Waals surface area contributed by atoms with Crippen LogP contribution in [-0.2, 0) is 6.54 Å². The lowest BCUT2D eigenvalue weighted by Gasteiger charge is -2.25. The number of likely N-dealkylation sites (N-methyl/N-ethyl adjacent to an activating group) is 1. The third-order valence-corrected chi connectivity index (χ3v) is 4.55. The normalized spacial score (nSPS) is 16.0. The Kier molecular flexibility index (Phi) is 9.04. The third kappa shape index (κ3) is 6.58. The lowest BCUT2D eigenvalue weighted by molar-refractivity contribution is 0.247. The Balaban J connectivity index is 0.00000288. The number of aliphatic imine (C=N–C) groups is 1. The van der Waals surface area contributed by atoms with Crippen LogP contribution in [0.15, 0.2) is 11.1 Å². The summed E-state index contributed by atoms with van der Waals surface area (Å²) in [6, 6.07) is 3.43. The minimum atomic E-state index is 0. The van der Waals surface area contributed by atoms with E-state index in [2.05, 4.69) is 57.3 Å². The fourth-order valence-corrected chi connectivity index (χ4v) is 2.79. The molecule has 1 saturated carbocycles. The second-order valence-corrected chi connectivity index (χ2v) is 6.63. The van der Waals surface area contributed by atoms with Gasteiger partial charge in [0.15, 0.2) is 5.96 Å². The van der Waals surface area contributed by atoms with E-state index in [-0.39, 0.29) is 24.0 Å². The zero-order valence-corrected chi connectivity index (χ0v) is 18.0. The van der Waals surface area contributed by atoms with Gasteiger partial charge in [0.25, 0.3) is 0 Å². The van der Waals surface area contributed by atoms with Gasteiger partial charge in [0.1, 0.15) is 0 Å². The Morgan fingerprint density at radius 2 is 2.12 bits per heavy atom. The molecule has 0 bridgehead atoms. The van der Waals surface area contributed by atoms with E-state index in [1.807, 2.05) is 14.0 Å². The molecule has 2 N–H and O–H groups in total. The molecule has 2 rings (SSSR count). The van der Waals surface area contributed by atoms with Crippen LogP contribution < -0.4 is 10.6 Å². The average molecular weight is 448 g/mol. The van der Waals surface area contributed by atoms with Gasteiger partial charge in [-0.2, -0.15) is 5.10 Å². The van der Waals surface area contributed by atoms with E-state index >= 15 is 0 Å². The number of aryl methyl sites for hydroxylation is 3. The molecular formula is C17H33IN6. The predicted octanol–water partition coefficient (Wildman–Crippen LogP) is 2.16. The van der Waals surface area contributed by atoms with Crippen LogP contribution in [0, 0.1) is 13.8 Å². The number of aromatic nitrogens is 2. The van der Waals surface area contributed by atoms with Gasteiger partial charge in [-0.1, -0.05) is 0 Å². The first kappa shape index (κ1) is 21.2. The SMILES string of the molecule is CN=C(NCCCn1nc(C)cc1C)NCC(C)N(C)C1CC1.I. The highest BCUT2D eigenvalue weighted by Gasteiger charge is 2.28. The smallest absolute Gasteiger partial charge is 0.191 e. The molecule has 0 aromatic carbocycles. The van der Waals surface area contributed by atoms with Crippen molar-refractivity contribution in [1.29, 1.82) is 0 Å². The van der Waals surface area contributed by atoms with Crippen LogP contribution >= 0.6 is 24.0 Å². The van der Waals surface area contributed by atoms with Gasteiger partial charge in [0.2, 0.25) is 0 Å². The molecular weight excluding hydrogens is 415 g/mol. The molecule has 138 valence electrons. The highest BCUT2D eigenvalue weighted by atomic mass is 127. The first-order valence-corrected chi connectivity index (χ1v) is 8.68. The van der Waals surface area contributed by atoms with Gasteiger partial charge in [0.05, 0.1) is 5.69 Å². The molecule has 1 aliphatic carbocycles. The van der Waals surface area contributed by atoms with Crippen LogP contribution in [0.5, 0.6) is 0 Å². The van der Waals surface area contributed by atoms with Crippen molar-refractivity contribution in [3.8, 4) is 0 Å². The van der Waals surface area contributed by atoms with Crippen LogP contribution in [0.4, 0.5) is 0 Å². The van der Waals surface area contributed by atoms with Crippen LogP contribution in [0.25, 0.3) is 0 Å². The van der Waals surface area contributed by atoms with Crippen molar-refractivity contribution < 1.29 is 0 Å². The predicted molar refractivity (Wildman–Crippen MR) is 111 cm³/mol. The topological polar surface area (TPSA) is 57.5 Å². The fraction of sp³-hybridized carbons (Fsp3) is 0.765. The Bertz CT molecular complexity index is 523. The van der Waals surface area contributed by atoms with Crippen molar-refractivity contribution in [2.24, 2.45) is 4.99 Å². The van der Waals surface area contributed by atoms with Gasteiger partial charge >= 0.3 is 0 Å². The highest BCUT2D eigenvalue weighted by Crippen LogP contribution is 2.26. The molecule has 1 aromatic rings. The molecule has 1 heterocycles. The van der Waals surface area contributed by atoms with Gasteiger partial charge in [-0.05, 0) is 53.1 Å². The number of nitrogens with zero attached hydrogens (tertiary/aromatic N) is 4. The maximum atomic E-state index is 4.49. The summed E-state index contributed by atoms with van der Waals surface area (Å²) in [5.74, 6) is 0.884. The van der Waals surface area contributed by atoms with Crippen molar-refractivity contribution in [3.05, 3.63) is 17.5 Å². The number of nitrogens with one attached hydrogen (secondary N) is 2. The van der Waals surface area contributed by atoms with Gasteiger partial charge in [-0.15, -0.1) is 24.0 Å². The number of rotatable bonds is 8. The summed E-state index contributed by atoms with van der Waals surface area (Å²) in [5, 5.41) is 11.3. The zero-order chi connectivity index (χ0) is 16.8. The molecule has 0 saturated heterocycles. The van der Waals surface area contributed by atoms with Gasteiger partial charge < -0.3 is 10.6 Å². The van der Waals surface area contributed by atoms with Crippen LogP contribution in [-0.4, -0.2) is 59.9 Å². The molecule has 6 nitrogen and oxygen atoms in total. The number of guanidine groups is 1. The number of hydrogen-bond donors (Lipinski definition) is 2. The highest BCUT2D eigenvalue weighted by molar-refractivity contribution is 14.0. The summed E-state index contributed by atoms with van der Waals surface area (Å²) in [4.78, 5) is 6.76. The largest absolute Gasteiger partial charge is 0.356 e. The lowest BCUT2D eigenvalue weighted by atomic mass is 10.3. The molecule has 1 aromatic heterocycles. The van der Waals surface area contributed by atoms with Gasteiger partial charge in [-0.3, -0.25) is 14.6 Å². The summed E-state index contributed by atoms with van der Waals surface area (Å²) < 4.78 is 2.07. The summed E-state index contributed by atoms with van der Waals surface area (Å²) in [7, 11) is 4.04. The van der Waals surface area contributed by atoms with E-state index in [1.54, 1.807) is 0 Å². The summed E-state index contributed by atoms with van der Waals surface area (Å²) >= 11 is 0. The van der Waals surface area contributed by atoms with Crippen molar-refractivity contribution in [3.63, 3.8) is 0 Å². The molecule has 0 aliphatic heterocycles. The second-order valence-electron chi connectivity index (χ2n) is 6.63. The number of hydrogen-bond acceptors (Lipinski definition) is 3. The molecule has 1 atom stereocenters. The monoisotopic (exact) mass is 448 g/mol. The molecule has 24 heavy (non-hydrogen) atoms. The zero-order valence-electron chi connectivity index (χ0n) is 15.7. The average Bonchev–Trinajstić information content (AvgIpc) is 3.31. The summed E-state index contributed by atoms with van der Waals surface area (Å²) in [6.45, 7) is 9.15. The second kappa shape index (κ2) is 10.2. The Labute approximate surface area is 163 Å². The third-order valence-electron chi connectivity index (χ3n) is 4.55. The standard InChI is InChI=1S/C17H32N6.HI/c1-13-11-14(2)23(21-13)10-6-9-19-17(18-4)20-12-15(3)22(5)16-7-8-16;/h11,15-16H,6-10,12H2,1-5H3,(H2,18,19,20);1H. The molecule has 0 amide bonds. The molecule has 1 fully saturated rings. The minimum absolute atomic E-state index is 0. The van der Waals surface area contributed by atoms with Crippen molar-refractivity contribution in [2.75, 3.05) is 27.2 Å².